The van der Waals surface area contributed by atoms with Gasteiger partial charge in [0.05, 0.1) is 11.1 Å². The summed E-state index contributed by atoms with van der Waals surface area (Å²) in [5, 5.41) is 20.5. The summed E-state index contributed by atoms with van der Waals surface area (Å²) in [6.07, 6.45) is 9.67. The van der Waals surface area contributed by atoms with Crippen LogP contribution in [0.3, 0.4) is 0 Å². The number of phenols is 2. The average Bonchev–Trinajstić information content (AvgIpc) is 3.01. The van der Waals surface area contributed by atoms with Crippen molar-refractivity contribution in [1.82, 2.24) is 21.7 Å². The van der Waals surface area contributed by atoms with Crippen LogP contribution in [0.5, 0.6) is 11.5 Å². The van der Waals surface area contributed by atoms with Crippen molar-refractivity contribution in [1.29, 1.82) is 0 Å². The first-order valence-electron chi connectivity index (χ1n) is 15.9. The van der Waals surface area contributed by atoms with E-state index in [1.807, 2.05) is 6.92 Å². The molecule has 0 aromatic heterocycles. The fraction of sp³-hybridized carbons (Fsp3) is 0.529. The number of benzene rings is 2. The molecule has 0 saturated heterocycles. The smallest absolute Gasteiger partial charge is 0.273 e. The van der Waals surface area contributed by atoms with E-state index in [4.69, 9.17) is 0 Å². The second-order valence-electron chi connectivity index (χ2n) is 11.5. The van der Waals surface area contributed by atoms with Crippen molar-refractivity contribution in [2.75, 3.05) is 0 Å². The lowest BCUT2D eigenvalue weighted by atomic mass is 9.94. The highest BCUT2D eigenvalue weighted by molar-refractivity contribution is 5.98. The maximum atomic E-state index is 12.8. The Bertz CT molecular complexity index is 1250. The quantitative estimate of drug-likeness (QED) is 0.101. The van der Waals surface area contributed by atoms with Crippen molar-refractivity contribution in [3.05, 3.63) is 58.7 Å². The van der Waals surface area contributed by atoms with Crippen LogP contribution in [0.4, 0.5) is 0 Å². The number of nitrogens with one attached hydrogen (secondary N) is 4. The minimum absolute atomic E-state index is 0.0896. The molecular weight excluding hydrogens is 560 g/mol. The van der Waals surface area contributed by atoms with Gasteiger partial charge < -0.3 is 10.2 Å². The Morgan fingerprint density at radius 3 is 1.55 bits per heavy atom. The van der Waals surface area contributed by atoms with Crippen molar-refractivity contribution < 1.29 is 29.4 Å². The summed E-state index contributed by atoms with van der Waals surface area (Å²) in [4.78, 5) is 50.3. The molecule has 0 saturated carbocycles. The number of amides is 4. The molecule has 2 unspecified atom stereocenters. The van der Waals surface area contributed by atoms with E-state index in [1.54, 1.807) is 43.3 Å². The normalized spacial score (nSPS) is 12.2. The van der Waals surface area contributed by atoms with Gasteiger partial charge in [-0.2, -0.15) is 0 Å². The predicted octanol–water partition coefficient (Wildman–Crippen LogP) is 5.62. The third-order valence-electron chi connectivity index (χ3n) is 7.75. The van der Waals surface area contributed by atoms with Gasteiger partial charge in [-0.05, 0) is 80.3 Å². The number of hydrogen-bond donors (Lipinski definition) is 6. The zero-order valence-electron chi connectivity index (χ0n) is 26.6. The van der Waals surface area contributed by atoms with Crippen molar-refractivity contribution in [3.8, 4) is 11.5 Å². The summed E-state index contributed by atoms with van der Waals surface area (Å²) in [5.74, 6) is -2.75. The van der Waals surface area contributed by atoms with E-state index < -0.39 is 11.8 Å². The van der Waals surface area contributed by atoms with Crippen LogP contribution in [0.2, 0.25) is 0 Å². The van der Waals surface area contributed by atoms with Gasteiger partial charge in [0.2, 0.25) is 11.8 Å². The van der Waals surface area contributed by atoms with E-state index in [1.165, 1.54) is 0 Å². The zero-order valence-corrected chi connectivity index (χ0v) is 26.6. The number of rotatable bonds is 17. The Kier molecular flexibility index (Phi) is 15.8. The summed E-state index contributed by atoms with van der Waals surface area (Å²) in [5.41, 5.74) is 11.8. The number of aryl methyl sites for hydroxylation is 2. The highest BCUT2D eigenvalue weighted by atomic mass is 16.3. The molecule has 10 heteroatoms. The third kappa shape index (κ3) is 11.9. The Hall–Kier alpha value is -4.08. The van der Waals surface area contributed by atoms with Crippen LogP contribution in [0.25, 0.3) is 0 Å². The molecule has 242 valence electrons. The van der Waals surface area contributed by atoms with E-state index >= 15 is 0 Å². The topological polar surface area (TPSA) is 157 Å². The van der Waals surface area contributed by atoms with E-state index in [0.717, 1.165) is 56.1 Å². The van der Waals surface area contributed by atoms with Crippen LogP contribution < -0.4 is 21.7 Å². The summed E-state index contributed by atoms with van der Waals surface area (Å²) in [7, 11) is 0. The number of unbranched alkanes of at least 4 members (excludes halogenated alkanes) is 3. The van der Waals surface area contributed by atoms with Crippen molar-refractivity contribution in [2.24, 2.45) is 11.8 Å². The van der Waals surface area contributed by atoms with Gasteiger partial charge in [-0.15, -0.1) is 0 Å². The number of carbonyl (C=O) groups is 4. The zero-order chi connectivity index (χ0) is 32.5. The van der Waals surface area contributed by atoms with E-state index in [-0.39, 0.29) is 46.3 Å². The van der Waals surface area contributed by atoms with Gasteiger partial charge in [0.1, 0.15) is 11.5 Å². The molecule has 0 spiro atoms. The molecule has 2 atom stereocenters. The average molecular weight is 611 g/mol. The largest absolute Gasteiger partial charge is 0.507 e. The van der Waals surface area contributed by atoms with Gasteiger partial charge in [0.25, 0.3) is 11.8 Å². The Balaban J connectivity index is 1.75. The van der Waals surface area contributed by atoms with Crippen LogP contribution in [-0.4, -0.2) is 33.8 Å². The van der Waals surface area contributed by atoms with Crippen molar-refractivity contribution >= 4 is 23.6 Å². The number of hydrazine groups is 2. The maximum Gasteiger partial charge on any atom is 0.273 e. The molecule has 2 aromatic carbocycles. The van der Waals surface area contributed by atoms with E-state index in [9.17, 15) is 29.4 Å². The molecule has 0 aliphatic heterocycles. The Labute approximate surface area is 261 Å². The second-order valence-corrected chi connectivity index (χ2v) is 11.5. The highest BCUT2D eigenvalue weighted by Crippen LogP contribution is 2.22. The third-order valence-corrected chi connectivity index (χ3v) is 7.75. The Morgan fingerprint density at radius 1 is 0.614 bits per heavy atom. The first-order valence-corrected chi connectivity index (χ1v) is 15.9. The summed E-state index contributed by atoms with van der Waals surface area (Å²) >= 11 is 0. The molecule has 0 aliphatic carbocycles. The van der Waals surface area contributed by atoms with Gasteiger partial charge in [-0.1, -0.05) is 71.9 Å². The maximum absolute atomic E-state index is 12.8. The van der Waals surface area contributed by atoms with Gasteiger partial charge >= 0.3 is 0 Å². The van der Waals surface area contributed by atoms with Crippen molar-refractivity contribution in [2.45, 2.75) is 105 Å². The number of aromatic hydroxyl groups is 2. The van der Waals surface area contributed by atoms with Gasteiger partial charge in [-0.3, -0.25) is 40.9 Å². The standard InChI is InChI=1S/C34H50N4O6/c1-5-8-14-24-17-19-27(29(39)21-24)33(43)37-35-31(41)23(4)13-10-11-16-26(12-7-3)32(42)36-38-34(44)28-20-18-25(15-9-6-2)22-30(28)40/h17-23,26,39-40H,5-16H2,1-4H3,(H,35,41)(H,36,42)(H,37,43)(H,38,44). The molecule has 6 N–H and O–H groups in total. The van der Waals surface area contributed by atoms with E-state index in [2.05, 4.69) is 35.6 Å². The van der Waals surface area contributed by atoms with Crippen LogP contribution >= 0.6 is 0 Å². The van der Waals surface area contributed by atoms with Crippen LogP contribution in [0.1, 0.15) is 124 Å². The molecule has 44 heavy (non-hydrogen) atoms. The molecule has 2 rings (SSSR count). The second kappa shape index (κ2) is 19.2. The molecule has 0 fully saturated rings. The minimum atomic E-state index is -0.593. The molecule has 4 amide bonds. The van der Waals surface area contributed by atoms with Crippen molar-refractivity contribution in [3.63, 3.8) is 0 Å². The first-order chi connectivity index (χ1) is 21.1. The molecule has 0 bridgehead atoms. The molecule has 0 aliphatic rings. The van der Waals surface area contributed by atoms with Crippen LogP contribution in [0.15, 0.2) is 36.4 Å². The number of hydrogen-bond acceptors (Lipinski definition) is 6. The number of phenolic OH excluding ortho intramolecular Hbond substituents is 2. The molecule has 10 nitrogen and oxygen atoms in total. The summed E-state index contributed by atoms with van der Waals surface area (Å²) in [6.45, 7) is 7.92. The molecule has 0 radical (unpaired) electrons. The summed E-state index contributed by atoms with van der Waals surface area (Å²) in [6, 6.07) is 9.87. The fourth-order valence-electron chi connectivity index (χ4n) is 4.94. The predicted molar refractivity (Wildman–Crippen MR) is 171 cm³/mol. The SMILES string of the molecule is CCCCc1ccc(C(=O)NNC(=O)C(C)CCCCC(CCC)C(=O)NNC(=O)c2ccc(CCCC)cc2O)c(O)c1. The monoisotopic (exact) mass is 610 g/mol. The molecular formula is C34H50N4O6. The molecule has 0 heterocycles. The van der Waals surface area contributed by atoms with Gasteiger partial charge in [-0.25, -0.2) is 0 Å². The lowest BCUT2D eigenvalue weighted by Crippen LogP contribution is -2.44. The minimum Gasteiger partial charge on any atom is -0.507 e. The van der Waals surface area contributed by atoms with E-state index in [0.29, 0.717) is 32.1 Å². The first kappa shape index (κ1) is 36.1. The fourth-order valence-corrected chi connectivity index (χ4v) is 4.94. The van der Waals surface area contributed by atoms with Crippen LogP contribution in [0, 0.1) is 11.8 Å². The molecule has 2 aromatic rings. The highest BCUT2D eigenvalue weighted by Gasteiger charge is 2.20. The van der Waals surface area contributed by atoms with Gasteiger partial charge in [0, 0.05) is 11.8 Å². The van der Waals surface area contributed by atoms with Gasteiger partial charge in [0.15, 0.2) is 0 Å². The van der Waals surface area contributed by atoms with Crippen LogP contribution in [-0.2, 0) is 22.4 Å². The Morgan fingerprint density at radius 2 is 1.09 bits per heavy atom. The lowest BCUT2D eigenvalue weighted by molar-refractivity contribution is -0.127. The number of carbonyl (C=O) groups excluding carboxylic acids is 4. The summed E-state index contributed by atoms with van der Waals surface area (Å²) < 4.78 is 0. The lowest BCUT2D eigenvalue weighted by Gasteiger charge is -2.17.